The average Bonchev–Trinajstić information content (AvgIpc) is 3.35. The van der Waals surface area contributed by atoms with E-state index in [0.717, 1.165) is 21.1 Å². The van der Waals surface area contributed by atoms with E-state index in [9.17, 15) is 13.2 Å². The second-order valence-corrected chi connectivity index (χ2v) is 10.4. The van der Waals surface area contributed by atoms with E-state index < -0.39 is 10.0 Å². The van der Waals surface area contributed by atoms with Crippen molar-refractivity contribution in [2.45, 2.75) is 19.9 Å². The van der Waals surface area contributed by atoms with Gasteiger partial charge in [0.15, 0.2) is 5.13 Å². The molecule has 1 aromatic carbocycles. The zero-order chi connectivity index (χ0) is 19.7. The van der Waals surface area contributed by atoms with E-state index >= 15 is 0 Å². The van der Waals surface area contributed by atoms with Gasteiger partial charge >= 0.3 is 0 Å². The van der Waals surface area contributed by atoms with Crippen molar-refractivity contribution < 1.29 is 13.2 Å². The fraction of sp³-hybridized carbons (Fsp3) is 0.278. The molecule has 3 aromatic rings. The standard InChI is InChI=1S/C18H18N4O3S3/c1-2-28(24,25)22-9-8-13-15(10-22)27-18(20-13)21-16(23)14-11-26-17(19-14)12-6-4-3-5-7-12/h3-7,11H,2,8-10H2,1H3,(H,20,21,23). The molecule has 7 nitrogen and oxygen atoms in total. The van der Waals surface area contributed by atoms with E-state index in [1.54, 1.807) is 12.3 Å². The second-order valence-electron chi connectivity index (χ2n) is 6.23. The van der Waals surface area contributed by atoms with Gasteiger partial charge in [0, 0.05) is 35.3 Å². The molecule has 1 aliphatic heterocycles. The molecule has 146 valence electrons. The summed E-state index contributed by atoms with van der Waals surface area (Å²) in [6, 6.07) is 9.69. The number of nitrogens with one attached hydrogen (secondary N) is 1. The first kappa shape index (κ1) is 19.2. The van der Waals surface area contributed by atoms with E-state index in [1.807, 2.05) is 30.3 Å². The Labute approximate surface area is 171 Å². The van der Waals surface area contributed by atoms with Crippen LogP contribution in [0.1, 0.15) is 28.0 Å². The van der Waals surface area contributed by atoms with Crippen LogP contribution in [0.4, 0.5) is 5.13 Å². The van der Waals surface area contributed by atoms with Crippen LogP contribution in [0.25, 0.3) is 10.6 Å². The quantitative estimate of drug-likeness (QED) is 0.666. The van der Waals surface area contributed by atoms with Crippen LogP contribution in [-0.4, -0.2) is 40.9 Å². The fourth-order valence-electron chi connectivity index (χ4n) is 2.90. The summed E-state index contributed by atoms with van der Waals surface area (Å²) < 4.78 is 25.7. The van der Waals surface area contributed by atoms with Crippen LogP contribution in [0, 0.1) is 0 Å². The third-order valence-electron chi connectivity index (χ3n) is 4.43. The predicted molar refractivity (Wildman–Crippen MR) is 111 cm³/mol. The van der Waals surface area contributed by atoms with Crippen molar-refractivity contribution in [3.63, 3.8) is 0 Å². The molecule has 0 saturated heterocycles. The smallest absolute Gasteiger partial charge is 0.276 e. The summed E-state index contributed by atoms with van der Waals surface area (Å²) in [6.07, 6.45) is 0.551. The van der Waals surface area contributed by atoms with E-state index in [4.69, 9.17) is 0 Å². The van der Waals surface area contributed by atoms with Gasteiger partial charge in [0.05, 0.1) is 11.4 Å². The summed E-state index contributed by atoms with van der Waals surface area (Å²) in [7, 11) is -3.23. The van der Waals surface area contributed by atoms with Crippen LogP contribution in [0.5, 0.6) is 0 Å². The molecular formula is C18H18N4O3S3. The van der Waals surface area contributed by atoms with Gasteiger partial charge in [-0.05, 0) is 6.92 Å². The molecule has 1 amide bonds. The number of sulfonamides is 1. The van der Waals surface area contributed by atoms with Crippen molar-refractivity contribution in [1.82, 2.24) is 14.3 Å². The summed E-state index contributed by atoms with van der Waals surface area (Å²) in [4.78, 5) is 22.3. The van der Waals surface area contributed by atoms with Gasteiger partial charge in [-0.15, -0.1) is 22.7 Å². The van der Waals surface area contributed by atoms with E-state index in [1.165, 1.54) is 27.0 Å². The number of hydrogen-bond donors (Lipinski definition) is 1. The SMILES string of the molecule is CCS(=O)(=O)N1CCc2nc(NC(=O)c3csc(-c4ccccc4)n3)sc2C1. The molecule has 10 heteroatoms. The van der Waals surface area contributed by atoms with E-state index in [2.05, 4.69) is 15.3 Å². The average molecular weight is 435 g/mol. The predicted octanol–water partition coefficient (Wildman–Crippen LogP) is 3.23. The van der Waals surface area contributed by atoms with Crippen LogP contribution in [-0.2, 0) is 23.0 Å². The minimum atomic E-state index is -3.23. The summed E-state index contributed by atoms with van der Waals surface area (Å²) in [5.41, 5.74) is 2.16. The highest BCUT2D eigenvalue weighted by molar-refractivity contribution is 7.89. The molecule has 0 saturated carbocycles. The van der Waals surface area contributed by atoms with E-state index in [-0.39, 0.29) is 11.7 Å². The van der Waals surface area contributed by atoms with Crippen molar-refractivity contribution >= 4 is 43.7 Å². The number of carbonyl (C=O) groups excluding carboxylic acids is 1. The highest BCUT2D eigenvalue weighted by atomic mass is 32.2. The van der Waals surface area contributed by atoms with E-state index in [0.29, 0.717) is 30.3 Å². The minimum absolute atomic E-state index is 0.0817. The molecule has 0 radical (unpaired) electrons. The van der Waals surface area contributed by atoms with Gasteiger partial charge in [0.1, 0.15) is 10.7 Å². The van der Waals surface area contributed by atoms with Crippen molar-refractivity contribution in [3.8, 4) is 10.6 Å². The minimum Gasteiger partial charge on any atom is -0.296 e. The van der Waals surface area contributed by atoms with Gasteiger partial charge in [-0.25, -0.2) is 18.4 Å². The Morgan fingerprint density at radius 3 is 2.79 bits per heavy atom. The summed E-state index contributed by atoms with van der Waals surface area (Å²) >= 11 is 2.73. The molecule has 0 atom stereocenters. The maximum Gasteiger partial charge on any atom is 0.276 e. The normalized spacial score (nSPS) is 14.6. The molecule has 0 fully saturated rings. The largest absolute Gasteiger partial charge is 0.296 e. The number of nitrogens with zero attached hydrogens (tertiary/aromatic N) is 3. The monoisotopic (exact) mass is 434 g/mol. The Bertz CT molecular complexity index is 1110. The van der Waals surface area contributed by atoms with Gasteiger partial charge in [0.2, 0.25) is 10.0 Å². The molecule has 3 heterocycles. The molecule has 0 spiro atoms. The second kappa shape index (κ2) is 7.70. The zero-order valence-electron chi connectivity index (χ0n) is 15.1. The first-order valence-corrected chi connectivity index (χ1v) is 12.1. The highest BCUT2D eigenvalue weighted by Crippen LogP contribution is 2.30. The maximum atomic E-state index is 12.5. The molecular weight excluding hydrogens is 416 g/mol. The first-order chi connectivity index (χ1) is 13.5. The first-order valence-electron chi connectivity index (χ1n) is 8.75. The fourth-order valence-corrected chi connectivity index (χ4v) is 5.87. The lowest BCUT2D eigenvalue weighted by Crippen LogP contribution is -2.36. The number of aromatic nitrogens is 2. The summed E-state index contributed by atoms with van der Waals surface area (Å²) in [5.74, 6) is -0.235. The Morgan fingerprint density at radius 2 is 2.04 bits per heavy atom. The molecule has 0 unspecified atom stereocenters. The summed E-state index contributed by atoms with van der Waals surface area (Å²) in [6.45, 7) is 2.38. The third-order valence-corrected chi connectivity index (χ3v) is 8.15. The Hall–Kier alpha value is -2.14. The lowest BCUT2D eigenvalue weighted by Gasteiger charge is -2.24. The van der Waals surface area contributed by atoms with Gasteiger partial charge in [-0.3, -0.25) is 10.1 Å². The number of thiazole rings is 2. The van der Waals surface area contributed by atoms with Gasteiger partial charge in [0.25, 0.3) is 5.91 Å². The molecule has 4 rings (SSSR count). The van der Waals surface area contributed by atoms with Crippen molar-refractivity contribution in [1.29, 1.82) is 0 Å². The molecule has 1 N–H and O–H groups in total. The summed E-state index contributed by atoms with van der Waals surface area (Å²) in [5, 5.41) is 5.77. The van der Waals surface area contributed by atoms with Crippen molar-refractivity contribution in [2.75, 3.05) is 17.6 Å². The number of hydrogen-bond acceptors (Lipinski definition) is 7. The van der Waals surface area contributed by atoms with Crippen LogP contribution in [0.2, 0.25) is 0 Å². The zero-order valence-corrected chi connectivity index (χ0v) is 17.5. The van der Waals surface area contributed by atoms with Crippen LogP contribution >= 0.6 is 22.7 Å². The van der Waals surface area contributed by atoms with Gasteiger partial charge in [-0.2, -0.15) is 4.31 Å². The topological polar surface area (TPSA) is 92.3 Å². The lowest BCUT2D eigenvalue weighted by molar-refractivity contribution is 0.102. The molecule has 1 aliphatic rings. The Morgan fingerprint density at radius 1 is 1.25 bits per heavy atom. The Balaban J connectivity index is 1.48. The lowest BCUT2D eigenvalue weighted by atomic mass is 10.2. The van der Waals surface area contributed by atoms with Crippen molar-refractivity contribution in [2.24, 2.45) is 0 Å². The van der Waals surface area contributed by atoms with Gasteiger partial charge < -0.3 is 0 Å². The molecule has 28 heavy (non-hydrogen) atoms. The number of anilines is 1. The van der Waals surface area contributed by atoms with Crippen molar-refractivity contribution in [3.05, 3.63) is 52.0 Å². The van der Waals surface area contributed by atoms with Gasteiger partial charge in [-0.1, -0.05) is 30.3 Å². The molecule has 0 bridgehead atoms. The number of benzene rings is 1. The maximum absolute atomic E-state index is 12.5. The molecule has 0 aliphatic carbocycles. The third kappa shape index (κ3) is 3.86. The Kier molecular flexibility index (Phi) is 5.28. The van der Waals surface area contributed by atoms with Crippen LogP contribution < -0.4 is 5.32 Å². The number of rotatable bonds is 5. The highest BCUT2D eigenvalue weighted by Gasteiger charge is 2.28. The van der Waals surface area contributed by atoms with Crippen LogP contribution in [0.3, 0.4) is 0 Å². The molecule has 2 aromatic heterocycles. The number of fused-ring (bicyclic) bond motifs is 1. The number of amides is 1. The van der Waals surface area contributed by atoms with Crippen LogP contribution in [0.15, 0.2) is 35.7 Å². The number of carbonyl (C=O) groups is 1.